The zero-order valence-electron chi connectivity index (χ0n) is 9.82. The molecule has 3 nitrogen and oxygen atoms in total. The standard InChI is InChI=1S/C13H19NO2/c1-2-3-4-5-12-13(16)14(12)10-6-8-11(15)9-7-10/h3-4,10,12H,2,5-9H2,1H3/b4-3-. The number of ketones is 1. The highest BCUT2D eigenvalue weighted by atomic mass is 16.2. The number of carbonyl (C=O) groups is 2. The number of Topliss-reactive ketones (excluding diaryl/α,β-unsaturated/α-hetero) is 1. The predicted octanol–water partition coefficient (Wildman–Crippen LogP) is 2.07. The summed E-state index contributed by atoms with van der Waals surface area (Å²) in [7, 11) is 0. The molecule has 3 heteroatoms. The Morgan fingerprint density at radius 2 is 1.94 bits per heavy atom. The zero-order valence-corrected chi connectivity index (χ0v) is 9.82. The maximum Gasteiger partial charge on any atom is 0.246 e. The highest BCUT2D eigenvalue weighted by Crippen LogP contribution is 2.33. The van der Waals surface area contributed by atoms with E-state index >= 15 is 0 Å². The number of amides is 1. The molecule has 0 aromatic carbocycles. The van der Waals surface area contributed by atoms with Gasteiger partial charge in [-0.15, -0.1) is 0 Å². The molecule has 2 fully saturated rings. The first-order valence-electron chi connectivity index (χ1n) is 6.23. The highest BCUT2D eigenvalue weighted by Gasteiger charge is 2.49. The van der Waals surface area contributed by atoms with Crippen LogP contribution in [0.4, 0.5) is 0 Å². The van der Waals surface area contributed by atoms with Crippen molar-refractivity contribution in [3.8, 4) is 0 Å². The van der Waals surface area contributed by atoms with Gasteiger partial charge in [0.15, 0.2) is 0 Å². The molecule has 0 bridgehead atoms. The zero-order chi connectivity index (χ0) is 11.5. The molecule has 2 rings (SSSR count). The van der Waals surface area contributed by atoms with E-state index in [2.05, 4.69) is 19.1 Å². The lowest BCUT2D eigenvalue weighted by atomic mass is 9.94. The van der Waals surface area contributed by atoms with Crippen molar-refractivity contribution >= 4 is 11.7 Å². The molecular formula is C13H19NO2. The van der Waals surface area contributed by atoms with Crippen LogP contribution in [0.1, 0.15) is 45.4 Å². The lowest BCUT2D eigenvalue weighted by Gasteiger charge is -2.22. The normalized spacial score (nSPS) is 26.8. The van der Waals surface area contributed by atoms with Gasteiger partial charge in [0.1, 0.15) is 11.8 Å². The van der Waals surface area contributed by atoms with E-state index in [4.69, 9.17) is 0 Å². The molecule has 1 heterocycles. The van der Waals surface area contributed by atoms with E-state index in [1.165, 1.54) is 0 Å². The molecule has 1 amide bonds. The Hall–Kier alpha value is -1.12. The number of allylic oxidation sites excluding steroid dienone is 1. The third-order valence-corrected chi connectivity index (χ3v) is 3.48. The molecule has 1 unspecified atom stereocenters. The fourth-order valence-electron chi connectivity index (χ4n) is 2.48. The first-order valence-corrected chi connectivity index (χ1v) is 6.23. The van der Waals surface area contributed by atoms with Crippen LogP contribution in [-0.2, 0) is 9.59 Å². The molecule has 88 valence electrons. The summed E-state index contributed by atoms with van der Waals surface area (Å²) in [5, 5.41) is 0. The van der Waals surface area contributed by atoms with E-state index in [0.717, 1.165) is 25.7 Å². The number of hydrogen-bond donors (Lipinski definition) is 0. The highest BCUT2D eigenvalue weighted by molar-refractivity contribution is 5.97. The molecule has 0 spiro atoms. The summed E-state index contributed by atoms with van der Waals surface area (Å²) >= 11 is 0. The Morgan fingerprint density at radius 1 is 1.25 bits per heavy atom. The van der Waals surface area contributed by atoms with Crippen LogP contribution < -0.4 is 0 Å². The second-order valence-electron chi connectivity index (χ2n) is 4.65. The van der Waals surface area contributed by atoms with Gasteiger partial charge >= 0.3 is 0 Å². The van der Waals surface area contributed by atoms with Crippen molar-refractivity contribution in [2.24, 2.45) is 0 Å². The molecule has 0 aromatic rings. The van der Waals surface area contributed by atoms with E-state index < -0.39 is 0 Å². The minimum Gasteiger partial charge on any atom is -0.326 e. The second-order valence-corrected chi connectivity index (χ2v) is 4.65. The largest absolute Gasteiger partial charge is 0.326 e. The maximum atomic E-state index is 11.6. The van der Waals surface area contributed by atoms with Gasteiger partial charge in [-0.25, -0.2) is 0 Å². The van der Waals surface area contributed by atoms with Crippen LogP contribution in [0, 0.1) is 0 Å². The average molecular weight is 221 g/mol. The van der Waals surface area contributed by atoms with Gasteiger partial charge in [0.2, 0.25) is 5.91 Å². The van der Waals surface area contributed by atoms with Crippen LogP contribution in [0.3, 0.4) is 0 Å². The lowest BCUT2D eigenvalue weighted by molar-refractivity contribution is -0.122. The summed E-state index contributed by atoms with van der Waals surface area (Å²) in [5.74, 6) is 0.632. The van der Waals surface area contributed by atoms with Gasteiger partial charge in [-0.05, 0) is 25.7 Å². The van der Waals surface area contributed by atoms with Gasteiger partial charge in [-0.1, -0.05) is 19.1 Å². The van der Waals surface area contributed by atoms with Crippen molar-refractivity contribution in [2.75, 3.05) is 0 Å². The summed E-state index contributed by atoms with van der Waals surface area (Å²) in [4.78, 5) is 24.7. The molecule has 0 N–H and O–H groups in total. The summed E-state index contributed by atoms with van der Waals surface area (Å²) in [6.07, 6.45) is 9.13. The molecule has 1 saturated heterocycles. The molecule has 1 atom stereocenters. The van der Waals surface area contributed by atoms with Crippen LogP contribution >= 0.6 is 0 Å². The smallest absolute Gasteiger partial charge is 0.246 e. The van der Waals surface area contributed by atoms with Crippen LogP contribution in [0.5, 0.6) is 0 Å². The molecule has 1 aliphatic heterocycles. The summed E-state index contributed by atoms with van der Waals surface area (Å²) in [6.45, 7) is 2.09. The monoisotopic (exact) mass is 221 g/mol. The van der Waals surface area contributed by atoms with Crippen molar-refractivity contribution in [1.29, 1.82) is 0 Å². The number of nitrogens with zero attached hydrogens (tertiary/aromatic N) is 1. The van der Waals surface area contributed by atoms with Crippen LogP contribution in [0.15, 0.2) is 12.2 Å². The maximum absolute atomic E-state index is 11.6. The summed E-state index contributed by atoms with van der Waals surface area (Å²) in [6, 6.07) is 0.450. The van der Waals surface area contributed by atoms with E-state index in [1.807, 2.05) is 4.90 Å². The van der Waals surface area contributed by atoms with Crippen molar-refractivity contribution in [3.05, 3.63) is 12.2 Å². The van der Waals surface area contributed by atoms with Crippen molar-refractivity contribution in [3.63, 3.8) is 0 Å². The SMILES string of the molecule is CC/C=C\CC1C(=O)N1C1CCC(=O)CC1. The fraction of sp³-hybridized carbons (Fsp3) is 0.692. The Bertz CT molecular complexity index is 312. The first kappa shape index (κ1) is 11.4. The third kappa shape index (κ3) is 2.34. The van der Waals surface area contributed by atoms with Gasteiger partial charge < -0.3 is 4.90 Å². The average Bonchev–Trinajstić information content (AvgIpc) is 2.91. The Kier molecular flexibility index (Phi) is 3.42. The molecule has 1 saturated carbocycles. The van der Waals surface area contributed by atoms with Gasteiger partial charge in [0.05, 0.1) is 0 Å². The van der Waals surface area contributed by atoms with Crippen LogP contribution in [-0.4, -0.2) is 28.7 Å². The van der Waals surface area contributed by atoms with Crippen molar-refractivity contribution in [1.82, 2.24) is 4.90 Å². The van der Waals surface area contributed by atoms with Gasteiger partial charge in [-0.2, -0.15) is 0 Å². The molecule has 0 aromatic heterocycles. The van der Waals surface area contributed by atoms with Crippen LogP contribution in [0.2, 0.25) is 0 Å². The van der Waals surface area contributed by atoms with E-state index in [-0.39, 0.29) is 11.9 Å². The number of carbonyl (C=O) groups excluding carboxylic acids is 2. The molecule has 1 aliphatic carbocycles. The van der Waals surface area contributed by atoms with Crippen molar-refractivity contribution < 1.29 is 9.59 Å². The van der Waals surface area contributed by atoms with Crippen LogP contribution in [0.25, 0.3) is 0 Å². The van der Waals surface area contributed by atoms with Gasteiger partial charge in [0.25, 0.3) is 0 Å². The summed E-state index contributed by atoms with van der Waals surface area (Å²) < 4.78 is 0. The third-order valence-electron chi connectivity index (χ3n) is 3.48. The molecule has 2 aliphatic rings. The van der Waals surface area contributed by atoms with E-state index in [9.17, 15) is 9.59 Å². The van der Waals surface area contributed by atoms with Crippen molar-refractivity contribution in [2.45, 2.75) is 57.5 Å². The molecular weight excluding hydrogens is 202 g/mol. The fourth-order valence-corrected chi connectivity index (χ4v) is 2.48. The van der Waals surface area contributed by atoms with E-state index in [0.29, 0.717) is 24.7 Å². The Balaban J connectivity index is 1.81. The number of hydrogen-bond acceptors (Lipinski definition) is 2. The van der Waals surface area contributed by atoms with E-state index in [1.54, 1.807) is 0 Å². The predicted molar refractivity (Wildman–Crippen MR) is 61.9 cm³/mol. The lowest BCUT2D eigenvalue weighted by Crippen LogP contribution is -2.27. The topological polar surface area (TPSA) is 37.1 Å². The quantitative estimate of drug-likeness (QED) is 0.538. The Labute approximate surface area is 96.5 Å². The first-order chi connectivity index (χ1) is 7.74. The summed E-state index contributed by atoms with van der Waals surface area (Å²) in [5.41, 5.74) is 0. The minimum absolute atomic E-state index is 0.112. The Morgan fingerprint density at radius 3 is 2.56 bits per heavy atom. The minimum atomic E-state index is 0.112. The number of rotatable bonds is 4. The van der Waals surface area contributed by atoms with Gasteiger partial charge in [0, 0.05) is 18.9 Å². The molecule has 0 radical (unpaired) electrons. The second kappa shape index (κ2) is 4.81. The molecule has 16 heavy (non-hydrogen) atoms. The van der Waals surface area contributed by atoms with Gasteiger partial charge in [-0.3, -0.25) is 9.59 Å².